The smallest absolute Gasteiger partial charge is 0.306 e. The summed E-state index contributed by atoms with van der Waals surface area (Å²) < 4.78 is 16.8. The van der Waals surface area contributed by atoms with Crippen LogP contribution in [0.1, 0.15) is 220 Å². The maximum absolute atomic E-state index is 12.8. The largest absolute Gasteiger partial charge is 0.462 e. The number of rotatable bonds is 44. The SMILES string of the molecule is CC\C=C/C=C\C=C/C=C\CCCCCCCC(=O)OCC(COC(=O)CCCCCCCCCCCCCCCC)OC(=O)CCCCCCC\C=C/C=C\C=C/C=C\CC. The molecule has 0 radical (unpaired) electrons. The molecule has 0 rings (SSSR count). The van der Waals surface area contributed by atoms with Crippen LogP contribution < -0.4 is 0 Å². The van der Waals surface area contributed by atoms with E-state index >= 15 is 0 Å². The summed E-state index contributed by atoms with van der Waals surface area (Å²) in [4.78, 5) is 38.0. The van der Waals surface area contributed by atoms with E-state index in [2.05, 4.69) is 75.5 Å². The molecule has 0 spiro atoms. The normalized spacial score (nSPS) is 12.9. The van der Waals surface area contributed by atoms with Crippen molar-refractivity contribution in [3.63, 3.8) is 0 Å². The van der Waals surface area contributed by atoms with E-state index in [1.165, 1.54) is 70.6 Å². The standard InChI is InChI=1S/C56H92O6/c1-4-7-10-13-16-19-22-25-28-31-34-37-40-43-46-49-55(58)61-52-53(51-60-54(57)48-45-42-39-36-33-30-27-24-21-18-15-12-9-6-3)62-56(59)50-47-44-41-38-35-32-29-26-23-20-17-14-11-8-5-2/h7-8,10-11,13-14,16-17,19-20,22-23,25-26,28-29,53H,4-6,9,12,15,18,21,24,27,30-52H2,1-3H3/b10-7-,11-8-,16-13-,17-14-,22-19-,23-20-,28-25-,29-26-. The van der Waals surface area contributed by atoms with E-state index in [1.54, 1.807) is 0 Å². The van der Waals surface area contributed by atoms with Gasteiger partial charge in [-0.3, -0.25) is 14.4 Å². The lowest BCUT2D eigenvalue weighted by Gasteiger charge is -2.18. The third-order valence-corrected chi connectivity index (χ3v) is 10.5. The van der Waals surface area contributed by atoms with E-state index in [4.69, 9.17) is 14.2 Å². The number of carbonyl (C=O) groups excluding carboxylic acids is 3. The fourth-order valence-corrected chi connectivity index (χ4v) is 6.76. The minimum absolute atomic E-state index is 0.0946. The average molecular weight is 861 g/mol. The quantitative estimate of drug-likeness (QED) is 0.0263. The third-order valence-electron chi connectivity index (χ3n) is 10.5. The van der Waals surface area contributed by atoms with Crippen LogP contribution >= 0.6 is 0 Å². The highest BCUT2D eigenvalue weighted by Gasteiger charge is 2.19. The maximum Gasteiger partial charge on any atom is 0.306 e. The molecule has 0 aliphatic heterocycles. The van der Waals surface area contributed by atoms with Crippen LogP contribution in [0.15, 0.2) is 97.2 Å². The van der Waals surface area contributed by atoms with Crippen LogP contribution in [-0.2, 0) is 28.6 Å². The summed E-state index contributed by atoms with van der Waals surface area (Å²) in [6, 6.07) is 0. The maximum atomic E-state index is 12.8. The molecule has 0 N–H and O–H groups in total. The molecule has 0 aliphatic carbocycles. The van der Waals surface area contributed by atoms with E-state index in [9.17, 15) is 14.4 Å². The summed E-state index contributed by atoms with van der Waals surface area (Å²) in [5, 5.41) is 0. The molecule has 352 valence electrons. The van der Waals surface area contributed by atoms with Crippen molar-refractivity contribution in [3.8, 4) is 0 Å². The van der Waals surface area contributed by atoms with Gasteiger partial charge in [0.05, 0.1) is 0 Å². The fourth-order valence-electron chi connectivity index (χ4n) is 6.76. The number of unbranched alkanes of at least 4 members (excludes halogenated alkanes) is 23. The second-order valence-electron chi connectivity index (χ2n) is 16.5. The van der Waals surface area contributed by atoms with Crippen molar-refractivity contribution in [1.29, 1.82) is 0 Å². The molecule has 6 heteroatoms. The zero-order chi connectivity index (χ0) is 45.1. The molecular formula is C56H92O6. The predicted molar refractivity (Wildman–Crippen MR) is 265 cm³/mol. The van der Waals surface area contributed by atoms with Gasteiger partial charge in [-0.05, 0) is 57.8 Å². The van der Waals surface area contributed by atoms with Crippen molar-refractivity contribution in [2.24, 2.45) is 0 Å². The van der Waals surface area contributed by atoms with Gasteiger partial charge >= 0.3 is 17.9 Å². The second kappa shape index (κ2) is 50.0. The van der Waals surface area contributed by atoms with Gasteiger partial charge in [0.1, 0.15) is 13.2 Å². The molecule has 0 aliphatic rings. The molecule has 0 amide bonds. The predicted octanol–water partition coefficient (Wildman–Crippen LogP) is 16.6. The first-order valence-electron chi connectivity index (χ1n) is 25.3. The lowest BCUT2D eigenvalue weighted by atomic mass is 10.0. The number of carbonyl (C=O) groups is 3. The van der Waals surface area contributed by atoms with E-state index < -0.39 is 6.10 Å². The second-order valence-corrected chi connectivity index (χ2v) is 16.5. The van der Waals surface area contributed by atoms with Crippen LogP contribution in [0.3, 0.4) is 0 Å². The van der Waals surface area contributed by atoms with Gasteiger partial charge in [0.2, 0.25) is 0 Å². The van der Waals surface area contributed by atoms with E-state index in [0.717, 1.165) is 109 Å². The van der Waals surface area contributed by atoms with Gasteiger partial charge in [-0.25, -0.2) is 0 Å². The zero-order valence-corrected chi connectivity index (χ0v) is 40.1. The number of hydrogen-bond donors (Lipinski definition) is 0. The molecule has 0 heterocycles. The highest BCUT2D eigenvalue weighted by atomic mass is 16.6. The third kappa shape index (κ3) is 47.4. The first-order valence-corrected chi connectivity index (χ1v) is 25.3. The summed E-state index contributed by atoms with van der Waals surface area (Å²) in [7, 11) is 0. The molecule has 0 aromatic rings. The van der Waals surface area contributed by atoms with Crippen LogP contribution in [0, 0.1) is 0 Å². The van der Waals surface area contributed by atoms with Gasteiger partial charge < -0.3 is 14.2 Å². The summed E-state index contributed by atoms with van der Waals surface area (Å²) in [5.41, 5.74) is 0. The molecule has 62 heavy (non-hydrogen) atoms. The van der Waals surface area contributed by atoms with Crippen LogP contribution in [0.2, 0.25) is 0 Å². The molecule has 0 aromatic heterocycles. The Kier molecular flexibility index (Phi) is 47.0. The Morgan fingerprint density at radius 3 is 0.984 bits per heavy atom. The van der Waals surface area contributed by atoms with Crippen LogP contribution in [0.25, 0.3) is 0 Å². The highest BCUT2D eigenvalue weighted by Crippen LogP contribution is 2.15. The zero-order valence-electron chi connectivity index (χ0n) is 40.1. The molecule has 1 unspecified atom stereocenters. The van der Waals surface area contributed by atoms with Gasteiger partial charge in [0, 0.05) is 19.3 Å². The molecule has 0 fully saturated rings. The number of ether oxygens (including phenoxy) is 3. The van der Waals surface area contributed by atoms with Crippen molar-refractivity contribution in [1.82, 2.24) is 0 Å². The fraction of sp³-hybridized carbons (Fsp3) is 0.661. The van der Waals surface area contributed by atoms with Gasteiger partial charge in [0.25, 0.3) is 0 Å². The number of allylic oxidation sites excluding steroid dienone is 16. The van der Waals surface area contributed by atoms with Gasteiger partial charge in [-0.15, -0.1) is 0 Å². The first-order chi connectivity index (χ1) is 30.5. The first kappa shape index (κ1) is 58.3. The van der Waals surface area contributed by atoms with Crippen molar-refractivity contribution < 1.29 is 28.6 Å². The van der Waals surface area contributed by atoms with Gasteiger partial charge in [-0.2, -0.15) is 0 Å². The molecule has 0 aromatic carbocycles. The van der Waals surface area contributed by atoms with Gasteiger partial charge in [0.15, 0.2) is 6.10 Å². The molecule has 0 saturated carbocycles. The van der Waals surface area contributed by atoms with Crippen molar-refractivity contribution in [3.05, 3.63) is 97.2 Å². The van der Waals surface area contributed by atoms with Crippen LogP contribution in [-0.4, -0.2) is 37.2 Å². The van der Waals surface area contributed by atoms with Crippen molar-refractivity contribution in [2.45, 2.75) is 226 Å². The molecule has 6 nitrogen and oxygen atoms in total. The lowest BCUT2D eigenvalue weighted by molar-refractivity contribution is -0.167. The summed E-state index contributed by atoms with van der Waals surface area (Å²) in [6.45, 7) is 6.32. The Balaban J connectivity index is 4.48. The molecular weight excluding hydrogens is 769 g/mol. The van der Waals surface area contributed by atoms with Crippen LogP contribution in [0.5, 0.6) is 0 Å². The van der Waals surface area contributed by atoms with E-state index in [1.807, 2.05) is 42.5 Å². The lowest BCUT2D eigenvalue weighted by Crippen LogP contribution is -2.30. The van der Waals surface area contributed by atoms with Crippen molar-refractivity contribution in [2.75, 3.05) is 13.2 Å². The summed E-state index contributed by atoms with van der Waals surface area (Å²) in [5.74, 6) is -0.944. The Morgan fingerprint density at radius 1 is 0.339 bits per heavy atom. The number of esters is 3. The summed E-state index contributed by atoms with van der Waals surface area (Å²) in [6.07, 6.45) is 65.2. The minimum Gasteiger partial charge on any atom is -0.462 e. The molecule has 1 atom stereocenters. The topological polar surface area (TPSA) is 78.9 Å². The minimum atomic E-state index is -0.798. The average Bonchev–Trinajstić information content (AvgIpc) is 3.27. The summed E-state index contributed by atoms with van der Waals surface area (Å²) >= 11 is 0. The van der Waals surface area contributed by atoms with Crippen LogP contribution in [0.4, 0.5) is 0 Å². The Hall–Kier alpha value is -3.67. The molecule has 0 saturated heterocycles. The van der Waals surface area contributed by atoms with Crippen molar-refractivity contribution >= 4 is 17.9 Å². The molecule has 0 bridgehead atoms. The van der Waals surface area contributed by atoms with E-state index in [0.29, 0.717) is 19.3 Å². The highest BCUT2D eigenvalue weighted by molar-refractivity contribution is 5.71. The Morgan fingerprint density at radius 2 is 0.629 bits per heavy atom. The number of hydrogen-bond acceptors (Lipinski definition) is 6. The Labute approximate surface area is 381 Å². The Bertz CT molecular complexity index is 1260. The monoisotopic (exact) mass is 861 g/mol. The van der Waals surface area contributed by atoms with Gasteiger partial charge in [-0.1, -0.05) is 240 Å². The van der Waals surface area contributed by atoms with E-state index in [-0.39, 0.29) is 31.1 Å².